The standard InChI is InChI=1S/C23H17ClF3NS.C4H10.H3NS/c1-14(23(25,26)27)15-9-10-28-21(13-15)19-7-4-6-17-12-18(29-22(17)19)11-16-5-2-3-8-20(16)24;1-4(2)3;1-2/h2-10,12-14H,11H2,1H3;4H,1-3H3;2H,1H2. The van der Waals surface area contributed by atoms with Gasteiger partial charge in [0.2, 0.25) is 0 Å². The van der Waals surface area contributed by atoms with Crippen LogP contribution in [-0.4, -0.2) is 11.2 Å². The number of hydrogen-bond acceptors (Lipinski definition) is 4. The van der Waals surface area contributed by atoms with Crippen molar-refractivity contribution in [2.24, 2.45) is 11.1 Å². The molecule has 0 aliphatic rings. The molecule has 2 heterocycles. The summed E-state index contributed by atoms with van der Waals surface area (Å²) in [6, 6.07) is 18.6. The van der Waals surface area contributed by atoms with E-state index in [0.29, 0.717) is 12.1 Å². The van der Waals surface area contributed by atoms with Crippen LogP contribution >= 0.6 is 35.8 Å². The highest BCUT2D eigenvalue weighted by molar-refractivity contribution is 7.77. The maximum absolute atomic E-state index is 13.1. The lowest BCUT2D eigenvalue weighted by Crippen LogP contribution is -2.17. The van der Waals surface area contributed by atoms with Crippen molar-refractivity contribution in [3.8, 4) is 11.3 Å². The zero-order valence-electron chi connectivity index (χ0n) is 20.1. The Kier molecular flexibility index (Phi) is 11.1. The van der Waals surface area contributed by atoms with Gasteiger partial charge in [-0.1, -0.05) is 68.8 Å². The number of hydrogen-bond donors (Lipinski definition) is 2. The second kappa shape index (κ2) is 13.3. The van der Waals surface area contributed by atoms with Crippen LogP contribution in [0.25, 0.3) is 21.3 Å². The number of nitrogens with zero attached hydrogens (tertiary/aromatic N) is 1. The Morgan fingerprint density at radius 3 is 2.26 bits per heavy atom. The molecule has 0 saturated heterocycles. The van der Waals surface area contributed by atoms with Crippen molar-refractivity contribution in [2.45, 2.75) is 46.2 Å². The average molecular weight is 539 g/mol. The lowest BCUT2D eigenvalue weighted by atomic mass is 9.99. The number of thiol groups is 1. The number of halogens is 4. The first-order chi connectivity index (χ1) is 16.6. The number of thiophene rings is 1. The summed E-state index contributed by atoms with van der Waals surface area (Å²) in [6.45, 7) is 7.67. The number of fused-ring (bicyclic) bond motifs is 1. The van der Waals surface area contributed by atoms with E-state index in [1.807, 2.05) is 42.5 Å². The van der Waals surface area contributed by atoms with Gasteiger partial charge in [-0.05, 0) is 53.6 Å². The molecule has 0 bridgehead atoms. The first-order valence-electron chi connectivity index (χ1n) is 11.1. The van der Waals surface area contributed by atoms with Crippen molar-refractivity contribution in [3.63, 3.8) is 0 Å². The number of aromatic nitrogens is 1. The van der Waals surface area contributed by atoms with E-state index in [0.717, 1.165) is 37.0 Å². The molecule has 188 valence electrons. The third-order valence-electron chi connectivity index (χ3n) is 4.97. The predicted octanol–water partition coefficient (Wildman–Crippen LogP) is 9.33. The van der Waals surface area contributed by atoms with E-state index in [1.54, 1.807) is 17.4 Å². The maximum atomic E-state index is 13.1. The first kappa shape index (κ1) is 29.2. The zero-order valence-corrected chi connectivity index (χ0v) is 22.6. The summed E-state index contributed by atoms with van der Waals surface area (Å²) in [6.07, 6.45) is -2.13. The average Bonchev–Trinajstić information content (AvgIpc) is 3.23. The Hall–Kier alpha value is -2.06. The molecule has 1 unspecified atom stereocenters. The van der Waals surface area contributed by atoms with Crippen LogP contribution in [0.3, 0.4) is 0 Å². The van der Waals surface area contributed by atoms with Gasteiger partial charge in [-0.15, -0.1) is 24.2 Å². The fourth-order valence-corrected chi connectivity index (χ4v) is 4.69. The van der Waals surface area contributed by atoms with Gasteiger partial charge in [-0.25, -0.2) is 0 Å². The predicted molar refractivity (Wildman–Crippen MR) is 147 cm³/mol. The van der Waals surface area contributed by atoms with Gasteiger partial charge in [0.1, 0.15) is 0 Å². The number of pyridine rings is 1. The van der Waals surface area contributed by atoms with Crippen LogP contribution in [0, 0.1) is 5.92 Å². The van der Waals surface area contributed by atoms with Gasteiger partial charge in [0, 0.05) is 32.8 Å². The second-order valence-electron chi connectivity index (χ2n) is 8.67. The number of alkyl halides is 3. The topological polar surface area (TPSA) is 38.9 Å². The molecule has 2 nitrogen and oxygen atoms in total. The molecule has 4 aromatic rings. The molecule has 2 aromatic carbocycles. The minimum absolute atomic E-state index is 0.215. The van der Waals surface area contributed by atoms with Crippen molar-refractivity contribution >= 4 is 45.8 Å². The third kappa shape index (κ3) is 8.24. The molecule has 8 heteroatoms. The van der Waals surface area contributed by atoms with E-state index in [1.165, 1.54) is 19.2 Å². The molecule has 0 fully saturated rings. The van der Waals surface area contributed by atoms with Gasteiger partial charge in [0.25, 0.3) is 0 Å². The summed E-state index contributed by atoms with van der Waals surface area (Å²) in [7, 11) is 0. The quantitative estimate of drug-likeness (QED) is 0.254. The van der Waals surface area contributed by atoms with Crippen molar-refractivity contribution < 1.29 is 13.2 Å². The Morgan fingerprint density at radius 2 is 1.63 bits per heavy atom. The minimum Gasteiger partial charge on any atom is -0.281 e. The van der Waals surface area contributed by atoms with Gasteiger partial charge in [-0.2, -0.15) is 13.2 Å². The molecule has 35 heavy (non-hydrogen) atoms. The Bertz CT molecular complexity index is 1220. The summed E-state index contributed by atoms with van der Waals surface area (Å²) in [5.41, 5.74) is 2.65. The van der Waals surface area contributed by atoms with Crippen molar-refractivity contribution in [1.29, 1.82) is 0 Å². The molecular weight excluding hydrogens is 509 g/mol. The highest BCUT2D eigenvalue weighted by Gasteiger charge is 2.37. The van der Waals surface area contributed by atoms with E-state index in [9.17, 15) is 13.2 Å². The minimum atomic E-state index is -4.28. The number of benzene rings is 2. The molecule has 0 saturated carbocycles. The fraction of sp³-hybridized carbons (Fsp3) is 0.296. The molecule has 0 spiro atoms. The monoisotopic (exact) mass is 538 g/mol. The second-order valence-corrected chi connectivity index (χ2v) is 10.2. The highest BCUT2D eigenvalue weighted by atomic mass is 35.5. The van der Waals surface area contributed by atoms with Gasteiger partial charge >= 0.3 is 6.18 Å². The van der Waals surface area contributed by atoms with E-state index in [2.05, 4.69) is 49.8 Å². The van der Waals surface area contributed by atoms with Crippen LogP contribution in [0.15, 0.2) is 66.9 Å². The Morgan fingerprint density at radius 1 is 0.971 bits per heavy atom. The summed E-state index contributed by atoms with van der Waals surface area (Å²) in [4.78, 5) is 5.49. The van der Waals surface area contributed by atoms with E-state index < -0.39 is 12.1 Å². The Labute approximate surface area is 219 Å². The molecule has 2 N–H and O–H groups in total. The van der Waals surface area contributed by atoms with Gasteiger partial charge in [-0.3, -0.25) is 10.1 Å². The van der Waals surface area contributed by atoms with E-state index >= 15 is 0 Å². The van der Waals surface area contributed by atoms with Gasteiger partial charge in [0.15, 0.2) is 0 Å². The Balaban J connectivity index is 0.000000655. The lowest BCUT2D eigenvalue weighted by Gasteiger charge is -2.16. The van der Waals surface area contributed by atoms with Crippen LogP contribution in [0.2, 0.25) is 5.02 Å². The molecule has 0 radical (unpaired) electrons. The summed E-state index contributed by atoms with van der Waals surface area (Å²) < 4.78 is 40.4. The van der Waals surface area contributed by atoms with Crippen molar-refractivity contribution in [2.75, 3.05) is 0 Å². The van der Waals surface area contributed by atoms with Gasteiger partial charge < -0.3 is 0 Å². The molecule has 2 aromatic heterocycles. The van der Waals surface area contributed by atoms with Crippen LogP contribution < -0.4 is 5.14 Å². The van der Waals surface area contributed by atoms with Crippen LogP contribution in [0.4, 0.5) is 13.2 Å². The molecule has 0 aliphatic carbocycles. The summed E-state index contributed by atoms with van der Waals surface area (Å²) in [5.74, 6) is -0.706. The number of nitrogens with two attached hydrogens (primary N) is 1. The van der Waals surface area contributed by atoms with E-state index in [4.69, 9.17) is 11.6 Å². The van der Waals surface area contributed by atoms with E-state index in [-0.39, 0.29) is 5.56 Å². The maximum Gasteiger partial charge on any atom is 0.395 e. The van der Waals surface area contributed by atoms with Crippen molar-refractivity contribution in [1.82, 2.24) is 4.98 Å². The lowest BCUT2D eigenvalue weighted by molar-refractivity contribution is -0.146. The van der Waals surface area contributed by atoms with Crippen LogP contribution in [-0.2, 0) is 6.42 Å². The van der Waals surface area contributed by atoms with Crippen LogP contribution in [0.5, 0.6) is 0 Å². The molecule has 1 atom stereocenters. The molecule has 0 aliphatic heterocycles. The van der Waals surface area contributed by atoms with Crippen molar-refractivity contribution in [3.05, 3.63) is 87.9 Å². The molecular formula is C27H30ClF3N2S2. The largest absolute Gasteiger partial charge is 0.395 e. The zero-order chi connectivity index (χ0) is 26.2. The first-order valence-corrected chi connectivity index (χ1v) is 12.8. The van der Waals surface area contributed by atoms with Crippen LogP contribution in [0.1, 0.15) is 49.6 Å². The summed E-state index contributed by atoms with van der Waals surface area (Å²) in [5, 5.41) is 5.96. The summed E-state index contributed by atoms with van der Waals surface area (Å²) >= 11 is 10.9. The van der Waals surface area contributed by atoms with Gasteiger partial charge in [0.05, 0.1) is 11.6 Å². The SMILES string of the molecule is CC(C)C.CC(c1ccnc(-c2cccc3cc(Cc4ccccc4Cl)sc23)c1)C(F)(F)F.NS. The normalized spacial score (nSPS) is 12.0. The smallest absolute Gasteiger partial charge is 0.281 e. The molecule has 0 amide bonds. The third-order valence-corrected chi connectivity index (χ3v) is 6.52. The number of rotatable bonds is 4. The highest BCUT2D eigenvalue weighted by Crippen LogP contribution is 2.38. The molecule has 4 rings (SSSR count). The fourth-order valence-electron chi connectivity index (χ4n) is 3.29.